The van der Waals surface area contributed by atoms with Crippen molar-refractivity contribution in [1.82, 2.24) is 5.16 Å². The average Bonchev–Trinajstić information content (AvgIpc) is 2.69. The summed E-state index contributed by atoms with van der Waals surface area (Å²) in [6.07, 6.45) is 0. The molecule has 0 saturated heterocycles. The van der Waals surface area contributed by atoms with Crippen LogP contribution < -0.4 is 10.5 Å². The zero-order valence-electron chi connectivity index (χ0n) is 9.21. The minimum Gasteiger partial charge on any atom is -0.496 e. The predicted molar refractivity (Wildman–Crippen MR) is 64.6 cm³/mol. The fourth-order valence-electron chi connectivity index (χ4n) is 1.44. The molecule has 0 aliphatic carbocycles. The number of hydrogen-bond donors (Lipinski definition) is 1. The van der Waals surface area contributed by atoms with E-state index in [1.165, 1.54) is 25.3 Å². The summed E-state index contributed by atoms with van der Waals surface area (Å²) in [6, 6.07) is 4.04. The van der Waals surface area contributed by atoms with Crippen LogP contribution in [-0.2, 0) is 0 Å². The van der Waals surface area contributed by atoms with Gasteiger partial charge in [-0.2, -0.15) is 0 Å². The van der Waals surface area contributed by atoms with Gasteiger partial charge in [0.1, 0.15) is 10.8 Å². The Hall–Kier alpha value is -2.28. The molecule has 2 aromatic rings. The number of hydrogen-bond acceptors (Lipinski definition) is 6. The summed E-state index contributed by atoms with van der Waals surface area (Å²) in [6.45, 7) is 0. The maximum Gasteiger partial charge on any atom is 0.273 e. The zero-order chi connectivity index (χ0) is 13.3. The van der Waals surface area contributed by atoms with Crippen molar-refractivity contribution in [2.45, 2.75) is 0 Å². The van der Waals surface area contributed by atoms with Crippen LogP contribution in [0.25, 0.3) is 11.3 Å². The number of halogens is 1. The van der Waals surface area contributed by atoms with Crippen LogP contribution in [0.2, 0.25) is 5.02 Å². The second-order valence-electron chi connectivity index (χ2n) is 3.35. The first kappa shape index (κ1) is 12.2. The van der Waals surface area contributed by atoms with Crippen LogP contribution in [0.4, 0.5) is 11.5 Å². The molecule has 1 heterocycles. The number of methoxy groups -OCH3 is 1. The van der Waals surface area contributed by atoms with Crippen LogP contribution in [0.3, 0.4) is 0 Å². The molecule has 1 aromatic heterocycles. The molecule has 94 valence electrons. The SMILES string of the molecule is COc1cc([N+](=O)[O-])ccc1-c1onc(N)c1Cl. The maximum absolute atomic E-state index is 10.7. The normalized spacial score (nSPS) is 10.3. The highest BCUT2D eigenvalue weighted by atomic mass is 35.5. The van der Waals surface area contributed by atoms with Gasteiger partial charge in [0, 0.05) is 6.07 Å². The molecule has 0 saturated carbocycles. The van der Waals surface area contributed by atoms with Gasteiger partial charge >= 0.3 is 0 Å². The van der Waals surface area contributed by atoms with Crippen molar-refractivity contribution in [1.29, 1.82) is 0 Å². The summed E-state index contributed by atoms with van der Waals surface area (Å²) in [7, 11) is 1.39. The first-order valence-corrected chi connectivity index (χ1v) is 5.16. The molecule has 0 fully saturated rings. The van der Waals surface area contributed by atoms with E-state index in [9.17, 15) is 10.1 Å². The molecule has 7 nitrogen and oxygen atoms in total. The van der Waals surface area contributed by atoms with E-state index in [1.807, 2.05) is 0 Å². The van der Waals surface area contributed by atoms with E-state index in [2.05, 4.69) is 5.16 Å². The van der Waals surface area contributed by atoms with Crippen molar-refractivity contribution in [2.75, 3.05) is 12.8 Å². The molecule has 2 N–H and O–H groups in total. The van der Waals surface area contributed by atoms with Gasteiger partial charge < -0.3 is 15.0 Å². The summed E-state index contributed by atoms with van der Waals surface area (Å²) < 4.78 is 10.0. The van der Waals surface area contributed by atoms with Crippen molar-refractivity contribution >= 4 is 23.1 Å². The Kier molecular flexibility index (Phi) is 3.07. The van der Waals surface area contributed by atoms with Crippen LogP contribution in [-0.4, -0.2) is 17.2 Å². The van der Waals surface area contributed by atoms with Gasteiger partial charge in [0.05, 0.1) is 23.7 Å². The molecule has 1 aromatic carbocycles. The fourth-order valence-corrected chi connectivity index (χ4v) is 1.61. The highest BCUT2D eigenvalue weighted by Gasteiger charge is 2.20. The smallest absolute Gasteiger partial charge is 0.273 e. The average molecular weight is 270 g/mol. The Morgan fingerprint density at radius 3 is 2.78 bits per heavy atom. The molecule has 0 amide bonds. The summed E-state index contributed by atoms with van der Waals surface area (Å²) in [4.78, 5) is 10.1. The van der Waals surface area contributed by atoms with Gasteiger partial charge in [-0.25, -0.2) is 0 Å². The lowest BCUT2D eigenvalue weighted by Gasteiger charge is -2.05. The molecule has 0 spiro atoms. The van der Waals surface area contributed by atoms with Crippen LogP contribution in [0, 0.1) is 10.1 Å². The van der Waals surface area contributed by atoms with Gasteiger partial charge in [-0.05, 0) is 6.07 Å². The summed E-state index contributed by atoms with van der Waals surface area (Å²) in [5.41, 5.74) is 5.81. The standard InChI is InChI=1S/C10H8ClN3O4/c1-17-7-4-5(14(15)16)2-3-6(7)9-8(11)10(12)13-18-9/h2-4H,1H3,(H2,12,13). The lowest BCUT2D eigenvalue weighted by molar-refractivity contribution is -0.384. The molecular formula is C10H8ClN3O4. The molecule has 0 radical (unpaired) electrons. The third-order valence-corrected chi connectivity index (χ3v) is 2.67. The Labute approximate surface area is 106 Å². The molecule has 0 bridgehead atoms. The van der Waals surface area contributed by atoms with Gasteiger partial charge in [-0.15, -0.1) is 0 Å². The number of nitro benzene ring substituents is 1. The van der Waals surface area contributed by atoms with Crippen LogP contribution >= 0.6 is 11.6 Å². The fraction of sp³-hybridized carbons (Fsp3) is 0.100. The molecule has 0 aliphatic heterocycles. The van der Waals surface area contributed by atoms with E-state index in [1.54, 1.807) is 0 Å². The lowest BCUT2D eigenvalue weighted by atomic mass is 10.1. The molecule has 0 atom stereocenters. The van der Waals surface area contributed by atoms with E-state index in [4.69, 9.17) is 26.6 Å². The molecule has 0 aliphatic rings. The number of aromatic nitrogens is 1. The summed E-state index contributed by atoms with van der Waals surface area (Å²) in [5.74, 6) is 0.509. The number of non-ortho nitro benzene ring substituents is 1. The Morgan fingerprint density at radius 2 is 2.28 bits per heavy atom. The highest BCUT2D eigenvalue weighted by molar-refractivity contribution is 6.35. The van der Waals surface area contributed by atoms with Crippen LogP contribution in [0.1, 0.15) is 0 Å². The monoisotopic (exact) mass is 269 g/mol. The minimum atomic E-state index is -0.525. The Bertz CT molecular complexity index is 611. The Morgan fingerprint density at radius 1 is 1.56 bits per heavy atom. The molecule has 2 rings (SSSR count). The van der Waals surface area contributed by atoms with Gasteiger partial charge in [0.25, 0.3) is 5.69 Å². The maximum atomic E-state index is 10.7. The molecule has 8 heteroatoms. The van der Waals surface area contributed by atoms with Gasteiger partial charge in [0.2, 0.25) is 0 Å². The highest BCUT2D eigenvalue weighted by Crippen LogP contribution is 2.38. The summed E-state index contributed by atoms with van der Waals surface area (Å²) in [5, 5.41) is 14.3. The largest absolute Gasteiger partial charge is 0.496 e. The zero-order valence-corrected chi connectivity index (χ0v) is 9.97. The van der Waals surface area contributed by atoms with Crippen LogP contribution in [0.15, 0.2) is 22.7 Å². The third-order valence-electron chi connectivity index (χ3n) is 2.30. The van der Waals surface area contributed by atoms with Gasteiger partial charge in [-0.1, -0.05) is 16.8 Å². The topological polar surface area (TPSA) is 104 Å². The number of benzene rings is 1. The number of rotatable bonds is 3. The van der Waals surface area contributed by atoms with E-state index in [-0.39, 0.29) is 28.0 Å². The molecule has 18 heavy (non-hydrogen) atoms. The Balaban J connectivity index is 2.58. The minimum absolute atomic E-state index is 0.0482. The second kappa shape index (κ2) is 4.53. The lowest BCUT2D eigenvalue weighted by Crippen LogP contribution is -1.92. The van der Waals surface area contributed by atoms with Crippen molar-refractivity contribution in [3.63, 3.8) is 0 Å². The van der Waals surface area contributed by atoms with E-state index in [0.717, 1.165) is 0 Å². The number of anilines is 1. The van der Waals surface area contributed by atoms with Crippen molar-refractivity contribution in [3.8, 4) is 17.1 Å². The number of ether oxygens (including phenoxy) is 1. The van der Waals surface area contributed by atoms with E-state index in [0.29, 0.717) is 5.56 Å². The van der Waals surface area contributed by atoms with Crippen molar-refractivity contribution in [2.24, 2.45) is 0 Å². The summed E-state index contributed by atoms with van der Waals surface area (Å²) >= 11 is 5.90. The first-order valence-electron chi connectivity index (χ1n) is 4.78. The first-order chi connectivity index (χ1) is 8.54. The number of nitro groups is 1. The second-order valence-corrected chi connectivity index (χ2v) is 3.73. The van der Waals surface area contributed by atoms with Crippen LogP contribution in [0.5, 0.6) is 5.75 Å². The van der Waals surface area contributed by atoms with Crippen molar-refractivity contribution in [3.05, 3.63) is 33.3 Å². The number of nitrogens with zero attached hydrogens (tertiary/aromatic N) is 2. The quantitative estimate of drug-likeness (QED) is 0.678. The molecular weight excluding hydrogens is 262 g/mol. The predicted octanol–water partition coefficient (Wildman–Crippen LogP) is 2.49. The van der Waals surface area contributed by atoms with Gasteiger partial charge in [-0.3, -0.25) is 10.1 Å². The van der Waals surface area contributed by atoms with Gasteiger partial charge in [0.15, 0.2) is 11.6 Å². The molecule has 0 unspecified atom stereocenters. The third kappa shape index (κ3) is 1.95. The number of nitrogen functional groups attached to an aromatic ring is 1. The van der Waals surface area contributed by atoms with Crippen molar-refractivity contribution < 1.29 is 14.2 Å². The van der Waals surface area contributed by atoms with E-state index < -0.39 is 4.92 Å². The van der Waals surface area contributed by atoms with E-state index >= 15 is 0 Å². The number of nitrogens with two attached hydrogens (primary N) is 1.